The summed E-state index contributed by atoms with van der Waals surface area (Å²) >= 11 is 0. The molecular formula is C13H21N3O3. The third-order valence-electron chi connectivity index (χ3n) is 3.55. The van der Waals surface area contributed by atoms with Crippen molar-refractivity contribution in [1.29, 1.82) is 0 Å². The van der Waals surface area contributed by atoms with Crippen molar-refractivity contribution in [2.45, 2.75) is 38.3 Å². The zero-order chi connectivity index (χ0) is 13.1. The Morgan fingerprint density at radius 1 is 1.47 bits per heavy atom. The van der Waals surface area contributed by atoms with Crippen molar-refractivity contribution in [1.82, 2.24) is 15.5 Å². The summed E-state index contributed by atoms with van der Waals surface area (Å²) in [7, 11) is 0. The lowest BCUT2D eigenvalue weighted by Crippen LogP contribution is -2.42. The molecule has 2 aliphatic rings. The van der Waals surface area contributed by atoms with Crippen LogP contribution in [-0.2, 0) is 15.9 Å². The maximum absolute atomic E-state index is 5.73. The van der Waals surface area contributed by atoms with Crippen molar-refractivity contribution in [3.63, 3.8) is 0 Å². The van der Waals surface area contributed by atoms with E-state index >= 15 is 0 Å². The van der Waals surface area contributed by atoms with Gasteiger partial charge >= 0.3 is 0 Å². The van der Waals surface area contributed by atoms with Gasteiger partial charge in [0.15, 0.2) is 0 Å². The molecule has 0 spiro atoms. The van der Waals surface area contributed by atoms with E-state index in [1.165, 1.54) is 12.8 Å². The second-order valence-electron chi connectivity index (χ2n) is 5.19. The van der Waals surface area contributed by atoms with Crippen LogP contribution in [0.1, 0.15) is 37.6 Å². The third-order valence-corrected chi connectivity index (χ3v) is 3.55. The van der Waals surface area contributed by atoms with Crippen LogP contribution in [0.4, 0.5) is 0 Å². The number of hydrogen-bond acceptors (Lipinski definition) is 6. The van der Waals surface area contributed by atoms with Crippen molar-refractivity contribution < 1.29 is 14.0 Å². The molecule has 2 fully saturated rings. The van der Waals surface area contributed by atoms with Crippen LogP contribution in [0.5, 0.6) is 0 Å². The summed E-state index contributed by atoms with van der Waals surface area (Å²) < 4.78 is 16.5. The van der Waals surface area contributed by atoms with Gasteiger partial charge in [0.25, 0.3) is 0 Å². The average Bonchev–Trinajstić information content (AvgIpc) is 3.17. The van der Waals surface area contributed by atoms with E-state index in [1.807, 2.05) is 6.92 Å². The Balaban J connectivity index is 1.61. The van der Waals surface area contributed by atoms with Crippen molar-refractivity contribution in [2.24, 2.45) is 5.92 Å². The van der Waals surface area contributed by atoms with Crippen LogP contribution in [0, 0.1) is 5.92 Å². The second-order valence-corrected chi connectivity index (χ2v) is 5.19. The van der Waals surface area contributed by atoms with E-state index in [0.29, 0.717) is 30.8 Å². The van der Waals surface area contributed by atoms with E-state index in [2.05, 4.69) is 15.5 Å². The molecule has 1 aromatic rings. The lowest BCUT2D eigenvalue weighted by molar-refractivity contribution is 0.0384. The number of hydrogen-bond donors (Lipinski definition) is 1. The minimum absolute atomic E-state index is 0.0121. The highest BCUT2D eigenvalue weighted by atomic mass is 16.5. The monoisotopic (exact) mass is 267 g/mol. The average molecular weight is 267 g/mol. The topological polar surface area (TPSA) is 69.4 Å². The Bertz CT molecular complexity index is 400. The molecule has 1 aromatic heterocycles. The molecule has 2 heterocycles. The molecule has 0 aromatic carbocycles. The molecule has 0 amide bonds. The normalized spacial score (nSPS) is 25.4. The van der Waals surface area contributed by atoms with E-state index < -0.39 is 0 Å². The summed E-state index contributed by atoms with van der Waals surface area (Å²) in [6, 6.07) is 0.272. The Morgan fingerprint density at radius 2 is 2.37 bits per heavy atom. The quantitative estimate of drug-likeness (QED) is 0.832. The van der Waals surface area contributed by atoms with Gasteiger partial charge in [-0.25, -0.2) is 0 Å². The fraction of sp³-hybridized carbons (Fsp3) is 0.846. The van der Waals surface area contributed by atoms with E-state index in [9.17, 15) is 0 Å². The summed E-state index contributed by atoms with van der Waals surface area (Å²) in [6.45, 7) is 5.05. The summed E-state index contributed by atoms with van der Waals surface area (Å²) in [5, 5.41) is 7.46. The van der Waals surface area contributed by atoms with Gasteiger partial charge in [-0.2, -0.15) is 4.98 Å². The van der Waals surface area contributed by atoms with Crippen LogP contribution in [0.15, 0.2) is 4.52 Å². The van der Waals surface area contributed by atoms with Crippen LogP contribution < -0.4 is 5.32 Å². The number of nitrogens with zero attached hydrogens (tertiary/aromatic N) is 2. The zero-order valence-corrected chi connectivity index (χ0v) is 11.3. The maximum Gasteiger partial charge on any atom is 0.228 e. The van der Waals surface area contributed by atoms with E-state index in [4.69, 9.17) is 14.0 Å². The standard InChI is InChI=1S/C13H21N3O3/c1-2-18-12(9-3-4-9)13-15-11(19-16-13)7-10-8-17-6-5-14-10/h9-10,12,14H,2-8H2,1H3. The van der Waals surface area contributed by atoms with Gasteiger partial charge in [0, 0.05) is 25.6 Å². The Morgan fingerprint density at radius 3 is 3.05 bits per heavy atom. The molecule has 1 N–H and O–H groups in total. The highest BCUT2D eigenvalue weighted by Gasteiger charge is 2.36. The number of rotatable bonds is 6. The van der Waals surface area contributed by atoms with Crippen molar-refractivity contribution in [3.05, 3.63) is 11.7 Å². The molecule has 6 nitrogen and oxygen atoms in total. The van der Waals surface area contributed by atoms with Gasteiger partial charge in [0.05, 0.1) is 13.2 Å². The molecule has 1 saturated heterocycles. The fourth-order valence-corrected chi connectivity index (χ4v) is 2.43. The van der Waals surface area contributed by atoms with Gasteiger partial charge in [0.2, 0.25) is 11.7 Å². The minimum atomic E-state index is 0.0121. The molecule has 3 rings (SSSR count). The molecular weight excluding hydrogens is 246 g/mol. The zero-order valence-electron chi connectivity index (χ0n) is 11.3. The molecule has 0 bridgehead atoms. The number of nitrogens with one attached hydrogen (secondary N) is 1. The molecule has 0 radical (unpaired) electrons. The third kappa shape index (κ3) is 3.32. The van der Waals surface area contributed by atoms with E-state index in [-0.39, 0.29) is 12.1 Å². The maximum atomic E-state index is 5.73. The summed E-state index contributed by atoms with van der Waals surface area (Å²) in [5.74, 6) is 1.95. The summed E-state index contributed by atoms with van der Waals surface area (Å²) in [4.78, 5) is 4.49. The van der Waals surface area contributed by atoms with E-state index in [1.54, 1.807) is 0 Å². The van der Waals surface area contributed by atoms with Gasteiger partial charge < -0.3 is 19.3 Å². The minimum Gasteiger partial charge on any atom is -0.378 e. The highest BCUT2D eigenvalue weighted by Crippen LogP contribution is 2.42. The SMILES string of the molecule is CCOC(c1noc(CC2COCCN2)n1)C1CC1. The number of ether oxygens (including phenoxy) is 2. The molecule has 19 heavy (non-hydrogen) atoms. The van der Waals surface area contributed by atoms with E-state index in [0.717, 1.165) is 19.6 Å². The summed E-state index contributed by atoms with van der Waals surface area (Å²) in [5.41, 5.74) is 0. The number of aromatic nitrogens is 2. The predicted octanol–water partition coefficient (Wildman–Crippen LogP) is 1.09. The molecule has 106 valence electrons. The van der Waals surface area contributed by atoms with Crippen LogP contribution >= 0.6 is 0 Å². The summed E-state index contributed by atoms with van der Waals surface area (Å²) in [6.07, 6.45) is 3.13. The van der Waals surface area contributed by atoms with Gasteiger partial charge in [-0.15, -0.1) is 0 Å². The van der Waals surface area contributed by atoms with Crippen LogP contribution in [-0.4, -0.2) is 42.5 Å². The van der Waals surface area contributed by atoms with Gasteiger partial charge in [-0.1, -0.05) is 5.16 Å². The molecule has 1 aliphatic heterocycles. The number of morpholine rings is 1. The molecule has 2 unspecified atom stereocenters. The fourth-order valence-electron chi connectivity index (χ4n) is 2.43. The van der Waals surface area contributed by atoms with Gasteiger partial charge in [-0.3, -0.25) is 0 Å². The first-order valence-corrected chi connectivity index (χ1v) is 7.12. The Kier molecular flexibility index (Phi) is 4.10. The smallest absolute Gasteiger partial charge is 0.228 e. The molecule has 2 atom stereocenters. The molecule has 6 heteroatoms. The van der Waals surface area contributed by atoms with Crippen LogP contribution in [0.3, 0.4) is 0 Å². The Hall–Kier alpha value is -0.980. The highest BCUT2D eigenvalue weighted by molar-refractivity contribution is 4.99. The predicted molar refractivity (Wildman–Crippen MR) is 67.7 cm³/mol. The largest absolute Gasteiger partial charge is 0.378 e. The first kappa shape index (κ1) is 13.0. The first-order valence-electron chi connectivity index (χ1n) is 7.12. The Labute approximate surface area is 112 Å². The second kappa shape index (κ2) is 5.98. The van der Waals surface area contributed by atoms with Gasteiger partial charge in [0.1, 0.15) is 6.10 Å². The molecule has 1 aliphatic carbocycles. The first-order chi connectivity index (χ1) is 9.36. The lowest BCUT2D eigenvalue weighted by atomic mass is 10.2. The van der Waals surface area contributed by atoms with Crippen molar-refractivity contribution in [3.8, 4) is 0 Å². The van der Waals surface area contributed by atoms with Crippen molar-refractivity contribution >= 4 is 0 Å². The van der Waals surface area contributed by atoms with Crippen LogP contribution in [0.25, 0.3) is 0 Å². The molecule has 1 saturated carbocycles. The lowest BCUT2D eigenvalue weighted by Gasteiger charge is -2.22. The van der Waals surface area contributed by atoms with Gasteiger partial charge in [-0.05, 0) is 25.7 Å². The van der Waals surface area contributed by atoms with Crippen LogP contribution in [0.2, 0.25) is 0 Å². The van der Waals surface area contributed by atoms with Crippen molar-refractivity contribution in [2.75, 3.05) is 26.4 Å².